The average molecular weight is 388 g/mol. The van der Waals surface area contributed by atoms with E-state index in [-0.39, 0.29) is 10.8 Å². The second-order valence-corrected chi connectivity index (χ2v) is 7.02. The summed E-state index contributed by atoms with van der Waals surface area (Å²) in [6.45, 7) is 0.915. The molecule has 0 saturated heterocycles. The van der Waals surface area contributed by atoms with E-state index in [2.05, 4.69) is 12.1 Å². The molecule has 0 heterocycles. The summed E-state index contributed by atoms with van der Waals surface area (Å²) in [6.07, 6.45) is 1.73. The molecule has 0 aliphatic heterocycles. The van der Waals surface area contributed by atoms with Crippen LogP contribution in [0.2, 0.25) is 0 Å². The lowest BCUT2D eigenvalue weighted by atomic mass is 10.0. The number of aryl methyl sites for hydroxylation is 1. The number of carbonyl (C=O) groups is 2. The number of hydroxylamine groups is 2. The molecule has 1 unspecified atom stereocenters. The minimum Gasteiger partial charge on any atom is -0.634 e. The molecule has 0 aliphatic carbocycles. The van der Waals surface area contributed by atoms with Gasteiger partial charge in [-0.2, -0.15) is 0 Å². The van der Waals surface area contributed by atoms with Gasteiger partial charge in [0.25, 0.3) is 0 Å². The summed E-state index contributed by atoms with van der Waals surface area (Å²) in [5, 5.41) is 12.4. The maximum Gasteiger partial charge on any atom is 0.248 e. The van der Waals surface area contributed by atoms with Gasteiger partial charge in [-0.25, -0.2) is 0 Å². The molecule has 1 atom stereocenters. The van der Waals surface area contributed by atoms with Crippen molar-refractivity contribution >= 4 is 11.7 Å². The minimum absolute atomic E-state index is 0.137. The summed E-state index contributed by atoms with van der Waals surface area (Å²) < 4.78 is 0. The first-order valence-electron chi connectivity index (χ1n) is 9.62. The van der Waals surface area contributed by atoms with Crippen LogP contribution in [0.25, 0.3) is 0 Å². The first-order chi connectivity index (χ1) is 14.0. The quantitative estimate of drug-likeness (QED) is 0.436. The first-order valence-corrected chi connectivity index (χ1v) is 9.62. The van der Waals surface area contributed by atoms with Crippen LogP contribution in [0.5, 0.6) is 0 Å². The normalized spacial score (nSPS) is 11.8. The van der Waals surface area contributed by atoms with E-state index < -0.39 is 5.91 Å². The van der Waals surface area contributed by atoms with E-state index in [4.69, 9.17) is 5.73 Å². The Morgan fingerprint density at radius 2 is 1.31 bits per heavy atom. The summed E-state index contributed by atoms with van der Waals surface area (Å²) in [7, 11) is 0. The van der Waals surface area contributed by atoms with Crippen molar-refractivity contribution in [2.75, 3.05) is 6.54 Å². The topological polar surface area (TPSA) is 87.7 Å². The van der Waals surface area contributed by atoms with Crippen LogP contribution in [0, 0.1) is 5.21 Å². The van der Waals surface area contributed by atoms with Gasteiger partial charge in [-0.1, -0.05) is 66.7 Å². The van der Waals surface area contributed by atoms with Crippen LogP contribution in [0.3, 0.4) is 0 Å². The Hall–Kier alpha value is -3.28. The Bertz CT molecular complexity index is 952. The maximum atomic E-state index is 12.6. The predicted octanol–water partition coefficient (Wildman–Crippen LogP) is 2.53. The number of hydrogen-bond acceptors (Lipinski definition) is 3. The highest BCUT2D eigenvalue weighted by atomic mass is 16.5. The zero-order valence-electron chi connectivity index (χ0n) is 16.1. The van der Waals surface area contributed by atoms with Gasteiger partial charge in [-0.3, -0.25) is 9.59 Å². The summed E-state index contributed by atoms with van der Waals surface area (Å²) in [4.78, 5) is 23.7. The van der Waals surface area contributed by atoms with E-state index >= 15 is 0 Å². The van der Waals surface area contributed by atoms with E-state index in [0.29, 0.717) is 29.8 Å². The molecule has 3 N–H and O–H groups in total. The summed E-state index contributed by atoms with van der Waals surface area (Å²) in [5.74, 6) is -0.663. The number of nitrogens with one attached hydrogen (secondary N) is 1. The Morgan fingerprint density at radius 3 is 1.90 bits per heavy atom. The van der Waals surface area contributed by atoms with Crippen molar-refractivity contribution < 1.29 is 14.7 Å². The largest absolute Gasteiger partial charge is 0.634 e. The number of hydrogen-bond donors (Lipinski definition) is 2. The van der Waals surface area contributed by atoms with Crippen LogP contribution in [-0.2, 0) is 13.0 Å². The van der Waals surface area contributed by atoms with Gasteiger partial charge < -0.3 is 16.0 Å². The van der Waals surface area contributed by atoms with E-state index in [1.54, 1.807) is 24.3 Å². The van der Waals surface area contributed by atoms with Crippen molar-refractivity contribution in [2.45, 2.75) is 19.4 Å². The molecule has 148 valence electrons. The highest BCUT2D eigenvalue weighted by Crippen LogP contribution is 2.12. The molecule has 3 aromatic rings. The number of benzene rings is 3. The molecule has 0 saturated carbocycles. The summed E-state index contributed by atoms with van der Waals surface area (Å²) >= 11 is 0. The molecule has 0 aliphatic rings. The van der Waals surface area contributed by atoms with Gasteiger partial charge >= 0.3 is 0 Å². The van der Waals surface area contributed by atoms with E-state index in [1.165, 1.54) is 17.7 Å². The van der Waals surface area contributed by atoms with Crippen molar-refractivity contribution in [1.29, 1.82) is 0 Å². The Labute approximate surface area is 170 Å². The van der Waals surface area contributed by atoms with Gasteiger partial charge in [-0.15, -0.1) is 0 Å². The van der Waals surface area contributed by atoms with Gasteiger partial charge in [0.2, 0.25) is 5.91 Å². The fraction of sp³-hybridized carbons (Fsp3) is 0.167. The van der Waals surface area contributed by atoms with E-state index in [1.807, 2.05) is 30.3 Å². The second-order valence-electron chi connectivity index (χ2n) is 7.02. The molecule has 5 heteroatoms. The van der Waals surface area contributed by atoms with Gasteiger partial charge in [0, 0.05) is 28.7 Å². The molecular weight excluding hydrogens is 364 g/mol. The molecule has 29 heavy (non-hydrogen) atoms. The lowest BCUT2D eigenvalue weighted by molar-refractivity contribution is -0.862. The van der Waals surface area contributed by atoms with Crippen molar-refractivity contribution in [1.82, 2.24) is 0 Å². The first kappa shape index (κ1) is 20.5. The third-order valence-electron chi connectivity index (χ3n) is 4.81. The highest BCUT2D eigenvalue weighted by Gasteiger charge is 2.10. The second kappa shape index (κ2) is 9.78. The Kier molecular flexibility index (Phi) is 6.89. The molecule has 5 nitrogen and oxygen atoms in total. The molecule has 3 aromatic carbocycles. The molecule has 0 spiro atoms. The van der Waals surface area contributed by atoms with Crippen LogP contribution < -0.4 is 10.8 Å². The molecule has 0 bridgehead atoms. The number of ketones is 1. The smallest absolute Gasteiger partial charge is 0.248 e. The summed E-state index contributed by atoms with van der Waals surface area (Å²) in [5.41, 5.74) is 8.75. The van der Waals surface area contributed by atoms with Crippen molar-refractivity contribution in [3.05, 3.63) is 112 Å². The SMILES string of the molecule is NC(=O)c1ccc(C(=O)c2ccc(C[NH+]([O-])CCCc3ccccc3)cc2)cc1. The molecule has 0 aromatic heterocycles. The minimum atomic E-state index is -0.526. The van der Waals surface area contributed by atoms with Crippen LogP contribution in [0.4, 0.5) is 0 Å². The van der Waals surface area contributed by atoms with Gasteiger partial charge in [0.05, 0.1) is 6.54 Å². The maximum absolute atomic E-state index is 12.6. The number of rotatable bonds is 9. The lowest BCUT2D eigenvalue weighted by Gasteiger charge is -2.22. The number of carbonyl (C=O) groups excluding carboxylic acids is 2. The fourth-order valence-corrected chi connectivity index (χ4v) is 3.18. The highest BCUT2D eigenvalue weighted by molar-refractivity contribution is 6.09. The summed E-state index contributed by atoms with van der Waals surface area (Å²) in [6, 6.07) is 23.5. The van der Waals surface area contributed by atoms with Gasteiger partial charge in [-0.05, 0) is 24.1 Å². The van der Waals surface area contributed by atoms with Crippen molar-refractivity contribution in [3.63, 3.8) is 0 Å². The zero-order chi connectivity index (χ0) is 20.6. The molecule has 1 amide bonds. The molecular formula is C24H24N2O3. The number of quaternary nitrogens is 1. The van der Waals surface area contributed by atoms with Gasteiger partial charge in [0.15, 0.2) is 5.78 Å². The molecule has 0 fully saturated rings. The molecule has 3 rings (SSSR count). The number of nitrogens with two attached hydrogens (primary N) is 1. The predicted molar refractivity (Wildman–Crippen MR) is 112 cm³/mol. The van der Waals surface area contributed by atoms with Crippen molar-refractivity contribution in [2.24, 2.45) is 5.73 Å². The zero-order valence-corrected chi connectivity index (χ0v) is 16.1. The van der Waals surface area contributed by atoms with E-state index in [0.717, 1.165) is 18.4 Å². The van der Waals surface area contributed by atoms with E-state index in [9.17, 15) is 14.8 Å². The fourth-order valence-electron chi connectivity index (χ4n) is 3.18. The van der Waals surface area contributed by atoms with Crippen LogP contribution in [-0.4, -0.2) is 18.2 Å². The lowest BCUT2D eigenvalue weighted by Crippen LogP contribution is -3.05. The Balaban J connectivity index is 1.52. The number of primary amides is 1. The van der Waals surface area contributed by atoms with Crippen LogP contribution in [0.15, 0.2) is 78.9 Å². The van der Waals surface area contributed by atoms with Crippen LogP contribution >= 0.6 is 0 Å². The van der Waals surface area contributed by atoms with Crippen LogP contribution in [0.1, 0.15) is 43.8 Å². The monoisotopic (exact) mass is 388 g/mol. The average Bonchev–Trinajstić information content (AvgIpc) is 2.74. The standard InChI is InChI=1S/C24H24N2O3/c25-24(28)22-14-12-21(13-15-22)23(27)20-10-8-19(9-11-20)17-26(29)16-4-7-18-5-2-1-3-6-18/h1-3,5-6,8-15,26H,4,7,16-17H2,(H2,25,28). The number of amides is 1. The Morgan fingerprint density at radius 1 is 0.759 bits per heavy atom. The van der Waals surface area contributed by atoms with Gasteiger partial charge in [0.1, 0.15) is 6.54 Å². The third kappa shape index (κ3) is 5.85. The third-order valence-corrected chi connectivity index (χ3v) is 4.81. The molecule has 0 radical (unpaired) electrons. The van der Waals surface area contributed by atoms with Crippen molar-refractivity contribution in [3.8, 4) is 0 Å².